The fourth-order valence-electron chi connectivity index (χ4n) is 1.72. The van der Waals surface area contributed by atoms with Gasteiger partial charge in [-0.1, -0.05) is 0 Å². The molecule has 0 radical (unpaired) electrons. The van der Waals surface area contributed by atoms with E-state index in [9.17, 15) is 9.59 Å². The monoisotopic (exact) mass is 307 g/mol. The fraction of sp³-hybridized carbons (Fsp3) is 0.500. The van der Waals surface area contributed by atoms with E-state index in [-0.39, 0.29) is 0 Å². The van der Waals surface area contributed by atoms with Crippen molar-refractivity contribution in [2.45, 2.75) is 46.2 Å². The van der Waals surface area contributed by atoms with Crippen LogP contribution in [0.4, 0.5) is 10.5 Å². The van der Waals surface area contributed by atoms with Gasteiger partial charge >= 0.3 is 6.03 Å². The molecule has 3 N–H and O–H groups in total. The van der Waals surface area contributed by atoms with Crippen LogP contribution in [0.25, 0.3) is 0 Å². The Kier molecular flexibility index (Phi) is 6.22. The van der Waals surface area contributed by atoms with Gasteiger partial charge in [0.2, 0.25) is 5.91 Å². The molecule has 1 unspecified atom stereocenters. The number of nitrogens with one attached hydrogen (secondary N) is 3. The third-order valence-electron chi connectivity index (χ3n) is 2.67. The Morgan fingerprint density at radius 1 is 1.18 bits per heavy atom. The van der Waals surface area contributed by atoms with E-state index in [1.807, 2.05) is 52.0 Å². The van der Waals surface area contributed by atoms with Gasteiger partial charge in [-0.05, 0) is 58.9 Å². The first-order chi connectivity index (χ1) is 10.2. The largest absolute Gasteiger partial charge is 0.494 e. The second-order valence-electron chi connectivity index (χ2n) is 6.02. The molecule has 1 atom stereocenters. The summed E-state index contributed by atoms with van der Waals surface area (Å²) in [5, 5.41) is 8.02. The first-order valence-electron chi connectivity index (χ1n) is 7.33. The van der Waals surface area contributed by atoms with E-state index in [0.29, 0.717) is 6.61 Å². The smallest absolute Gasteiger partial charge is 0.321 e. The van der Waals surface area contributed by atoms with Crippen molar-refractivity contribution >= 4 is 17.6 Å². The second-order valence-corrected chi connectivity index (χ2v) is 6.02. The normalized spacial score (nSPS) is 12.2. The number of benzene rings is 1. The molecule has 6 heteroatoms. The highest BCUT2D eigenvalue weighted by Crippen LogP contribution is 2.16. The molecule has 6 nitrogen and oxygen atoms in total. The number of urea groups is 1. The summed E-state index contributed by atoms with van der Waals surface area (Å²) in [5.74, 6) is 0.380. The Labute approximate surface area is 131 Å². The van der Waals surface area contributed by atoms with Crippen LogP contribution in [0.15, 0.2) is 24.3 Å². The average Bonchev–Trinajstić information content (AvgIpc) is 2.39. The predicted octanol–water partition coefficient (Wildman–Crippen LogP) is 2.51. The summed E-state index contributed by atoms with van der Waals surface area (Å²) in [7, 11) is 0. The molecule has 0 fully saturated rings. The maximum atomic E-state index is 12.0. The minimum atomic E-state index is -0.538. The topological polar surface area (TPSA) is 79.5 Å². The van der Waals surface area contributed by atoms with Gasteiger partial charge in [0.15, 0.2) is 0 Å². The van der Waals surface area contributed by atoms with E-state index in [0.717, 1.165) is 11.4 Å². The Morgan fingerprint density at radius 2 is 1.77 bits per heavy atom. The van der Waals surface area contributed by atoms with Crippen molar-refractivity contribution in [2.75, 3.05) is 11.9 Å². The zero-order chi connectivity index (χ0) is 16.8. The van der Waals surface area contributed by atoms with Gasteiger partial charge in [0.25, 0.3) is 0 Å². The number of hydrogen-bond donors (Lipinski definition) is 3. The molecule has 1 rings (SSSR count). The number of hydrogen-bond acceptors (Lipinski definition) is 4. The van der Waals surface area contributed by atoms with Crippen LogP contribution in [-0.4, -0.2) is 30.1 Å². The molecule has 3 amide bonds. The molecule has 0 heterocycles. The first kappa shape index (κ1) is 17.8. The van der Waals surface area contributed by atoms with E-state index < -0.39 is 23.5 Å². The lowest BCUT2D eigenvalue weighted by Gasteiger charge is -2.21. The summed E-state index contributed by atoms with van der Waals surface area (Å²) < 4.78 is 5.35. The van der Waals surface area contributed by atoms with E-state index in [1.54, 1.807) is 6.92 Å². The van der Waals surface area contributed by atoms with Crippen molar-refractivity contribution in [3.8, 4) is 5.75 Å². The van der Waals surface area contributed by atoms with Crippen LogP contribution < -0.4 is 20.7 Å². The van der Waals surface area contributed by atoms with E-state index in [2.05, 4.69) is 16.0 Å². The Hall–Kier alpha value is -2.24. The van der Waals surface area contributed by atoms with Crippen molar-refractivity contribution in [1.29, 1.82) is 0 Å². The molecule has 122 valence electrons. The number of ether oxygens (including phenoxy) is 1. The van der Waals surface area contributed by atoms with Gasteiger partial charge in [-0.15, -0.1) is 0 Å². The molecule has 0 aliphatic heterocycles. The summed E-state index contributed by atoms with van der Waals surface area (Å²) >= 11 is 0. The standard InChI is InChI=1S/C16H25N3O3/c1-6-22-13-9-7-12(8-10-13)17-11(2)14(20)18-15(21)19-16(3,4)5/h7-11,17H,6H2,1-5H3,(H2,18,19,20,21). The zero-order valence-corrected chi connectivity index (χ0v) is 13.8. The number of anilines is 1. The van der Waals surface area contributed by atoms with Gasteiger partial charge in [0, 0.05) is 11.2 Å². The molecule has 0 aliphatic rings. The van der Waals surface area contributed by atoms with Crippen LogP contribution in [0.1, 0.15) is 34.6 Å². The van der Waals surface area contributed by atoms with E-state index in [4.69, 9.17) is 4.74 Å². The molecule has 0 saturated carbocycles. The first-order valence-corrected chi connectivity index (χ1v) is 7.33. The van der Waals surface area contributed by atoms with Crippen LogP contribution in [0.3, 0.4) is 0 Å². The number of rotatable bonds is 5. The minimum absolute atomic E-state index is 0.393. The number of amides is 3. The van der Waals surface area contributed by atoms with Gasteiger partial charge in [-0.25, -0.2) is 4.79 Å². The molecule has 0 bridgehead atoms. The molecule has 0 aliphatic carbocycles. The summed E-state index contributed by atoms with van der Waals surface area (Å²) in [6, 6.07) is 6.25. The maximum Gasteiger partial charge on any atom is 0.321 e. The SMILES string of the molecule is CCOc1ccc(NC(C)C(=O)NC(=O)NC(C)(C)C)cc1. The van der Waals surface area contributed by atoms with Crippen molar-refractivity contribution in [2.24, 2.45) is 0 Å². The number of carbonyl (C=O) groups excluding carboxylic acids is 2. The second kappa shape index (κ2) is 7.68. The van der Waals surface area contributed by atoms with Crippen molar-refractivity contribution in [3.63, 3.8) is 0 Å². The molecular formula is C16H25N3O3. The highest BCUT2D eigenvalue weighted by atomic mass is 16.5. The summed E-state index contributed by atoms with van der Waals surface area (Å²) in [6.45, 7) is 9.75. The molecular weight excluding hydrogens is 282 g/mol. The van der Waals surface area contributed by atoms with Gasteiger partial charge in [0.1, 0.15) is 11.8 Å². The Balaban J connectivity index is 2.51. The van der Waals surface area contributed by atoms with Gasteiger partial charge in [-0.2, -0.15) is 0 Å². The maximum absolute atomic E-state index is 12.0. The quantitative estimate of drug-likeness (QED) is 0.781. The number of imide groups is 1. The summed E-state index contributed by atoms with van der Waals surface area (Å²) in [6.07, 6.45) is 0. The Bertz CT molecular complexity index is 506. The lowest BCUT2D eigenvalue weighted by molar-refractivity contribution is -0.120. The van der Waals surface area contributed by atoms with E-state index >= 15 is 0 Å². The van der Waals surface area contributed by atoms with Gasteiger partial charge < -0.3 is 15.4 Å². The van der Waals surface area contributed by atoms with Crippen LogP contribution in [-0.2, 0) is 4.79 Å². The van der Waals surface area contributed by atoms with Crippen LogP contribution in [0.5, 0.6) is 5.75 Å². The van der Waals surface area contributed by atoms with Gasteiger partial charge in [0.05, 0.1) is 6.61 Å². The fourth-order valence-corrected chi connectivity index (χ4v) is 1.72. The zero-order valence-electron chi connectivity index (χ0n) is 13.8. The molecule has 1 aromatic carbocycles. The van der Waals surface area contributed by atoms with Crippen LogP contribution in [0.2, 0.25) is 0 Å². The van der Waals surface area contributed by atoms with Crippen molar-refractivity contribution in [1.82, 2.24) is 10.6 Å². The van der Waals surface area contributed by atoms with Crippen molar-refractivity contribution < 1.29 is 14.3 Å². The van der Waals surface area contributed by atoms with Gasteiger partial charge in [-0.3, -0.25) is 10.1 Å². The predicted molar refractivity (Wildman–Crippen MR) is 87.1 cm³/mol. The molecule has 0 saturated heterocycles. The summed E-state index contributed by atoms with van der Waals surface area (Å²) in [5.41, 5.74) is 0.387. The highest BCUT2D eigenvalue weighted by Gasteiger charge is 2.19. The lowest BCUT2D eigenvalue weighted by Crippen LogP contribution is -2.51. The minimum Gasteiger partial charge on any atom is -0.494 e. The third-order valence-corrected chi connectivity index (χ3v) is 2.67. The van der Waals surface area contributed by atoms with Crippen LogP contribution >= 0.6 is 0 Å². The molecule has 1 aromatic rings. The summed E-state index contributed by atoms with van der Waals surface area (Å²) in [4.78, 5) is 23.6. The number of carbonyl (C=O) groups is 2. The highest BCUT2D eigenvalue weighted by molar-refractivity contribution is 5.98. The van der Waals surface area contributed by atoms with E-state index in [1.165, 1.54) is 0 Å². The third kappa shape index (κ3) is 6.47. The molecule has 0 spiro atoms. The van der Waals surface area contributed by atoms with Crippen molar-refractivity contribution in [3.05, 3.63) is 24.3 Å². The average molecular weight is 307 g/mol. The van der Waals surface area contributed by atoms with Crippen LogP contribution in [0, 0.1) is 0 Å². The Morgan fingerprint density at radius 3 is 2.27 bits per heavy atom. The molecule has 0 aromatic heterocycles. The lowest BCUT2D eigenvalue weighted by atomic mass is 10.1. The molecule has 22 heavy (non-hydrogen) atoms.